The first-order chi connectivity index (χ1) is 14.2. The number of ether oxygens (including phenoxy) is 2. The number of carbonyl (C=O) groups excluding carboxylic acids is 1. The van der Waals surface area contributed by atoms with Crippen LogP contribution >= 0.6 is 0 Å². The zero-order valence-electron chi connectivity index (χ0n) is 16.7. The second-order valence-electron chi connectivity index (χ2n) is 7.35. The topological polar surface area (TPSA) is 83.1 Å². The number of likely N-dealkylation sites (tertiary alicyclic amines) is 1. The van der Waals surface area contributed by atoms with Gasteiger partial charge in [0.1, 0.15) is 17.5 Å². The van der Waals surface area contributed by atoms with Crippen molar-refractivity contribution in [1.82, 2.24) is 15.8 Å². The van der Waals surface area contributed by atoms with Crippen LogP contribution in [0.1, 0.15) is 30.1 Å². The van der Waals surface area contributed by atoms with Gasteiger partial charge >= 0.3 is 0 Å². The molecule has 3 N–H and O–H groups in total. The van der Waals surface area contributed by atoms with Gasteiger partial charge < -0.3 is 19.5 Å². The molecule has 7 nitrogen and oxygen atoms in total. The molecule has 2 aromatic carbocycles. The van der Waals surface area contributed by atoms with Crippen molar-refractivity contribution >= 4 is 5.91 Å². The van der Waals surface area contributed by atoms with E-state index in [1.807, 2.05) is 48.2 Å². The summed E-state index contributed by atoms with van der Waals surface area (Å²) in [5.41, 5.74) is 8.20. The van der Waals surface area contributed by atoms with E-state index in [2.05, 4.69) is 10.9 Å². The van der Waals surface area contributed by atoms with Crippen LogP contribution in [0.2, 0.25) is 0 Å². The van der Waals surface area contributed by atoms with Crippen molar-refractivity contribution in [2.24, 2.45) is 5.92 Å². The predicted molar refractivity (Wildman–Crippen MR) is 108 cm³/mol. The highest BCUT2D eigenvalue weighted by Crippen LogP contribution is 2.48. The van der Waals surface area contributed by atoms with Crippen molar-refractivity contribution in [1.29, 1.82) is 0 Å². The molecule has 2 aromatic rings. The van der Waals surface area contributed by atoms with Gasteiger partial charge in [-0.3, -0.25) is 4.79 Å². The lowest BCUT2D eigenvalue weighted by molar-refractivity contribution is -0.131. The van der Waals surface area contributed by atoms with E-state index in [1.165, 1.54) is 0 Å². The summed E-state index contributed by atoms with van der Waals surface area (Å²) in [4.78, 5) is 15.1. The minimum Gasteiger partial charge on any atom is -0.508 e. The van der Waals surface area contributed by atoms with Gasteiger partial charge in [-0.15, -0.1) is 0 Å². The van der Waals surface area contributed by atoms with Crippen LogP contribution in [0.3, 0.4) is 0 Å². The number of aromatic hydroxyl groups is 1. The number of phenolic OH excluding ortho intramolecular Hbond substituents is 1. The van der Waals surface area contributed by atoms with Gasteiger partial charge in [0.2, 0.25) is 5.91 Å². The van der Waals surface area contributed by atoms with Gasteiger partial charge in [0, 0.05) is 25.1 Å². The van der Waals surface area contributed by atoms with Crippen molar-refractivity contribution < 1.29 is 19.4 Å². The predicted octanol–water partition coefficient (Wildman–Crippen LogP) is 2.15. The molecule has 0 bridgehead atoms. The number of para-hydroxylation sites is 1. The van der Waals surface area contributed by atoms with E-state index >= 15 is 0 Å². The summed E-state index contributed by atoms with van der Waals surface area (Å²) in [6.07, 6.45) is 0. The van der Waals surface area contributed by atoms with Crippen molar-refractivity contribution in [2.75, 3.05) is 26.9 Å². The number of nitrogens with one attached hydrogen (secondary N) is 2. The number of amides is 1. The number of hydrogen-bond donors (Lipinski definition) is 3. The lowest BCUT2D eigenvalue weighted by Gasteiger charge is -2.31. The highest BCUT2D eigenvalue weighted by molar-refractivity contribution is 5.86. The Kier molecular flexibility index (Phi) is 5.71. The van der Waals surface area contributed by atoms with Crippen LogP contribution in [0, 0.1) is 5.92 Å². The highest BCUT2D eigenvalue weighted by Gasteiger charge is 2.55. The fourth-order valence-electron chi connectivity index (χ4n) is 4.51. The summed E-state index contributed by atoms with van der Waals surface area (Å²) in [5, 5.41) is 10.4. The van der Waals surface area contributed by atoms with E-state index in [0.717, 1.165) is 16.9 Å². The summed E-state index contributed by atoms with van der Waals surface area (Å²) < 4.78 is 10.9. The molecule has 0 aromatic heterocycles. The van der Waals surface area contributed by atoms with Crippen LogP contribution in [-0.2, 0) is 9.53 Å². The maximum atomic E-state index is 13.2. The summed E-state index contributed by atoms with van der Waals surface area (Å²) in [5.74, 6) is 0.941. The molecule has 0 saturated carbocycles. The number of hydrazine groups is 1. The molecule has 29 heavy (non-hydrogen) atoms. The molecule has 7 heteroatoms. The zero-order valence-corrected chi connectivity index (χ0v) is 16.7. The van der Waals surface area contributed by atoms with Crippen molar-refractivity contribution in [3.63, 3.8) is 0 Å². The van der Waals surface area contributed by atoms with Gasteiger partial charge in [0.15, 0.2) is 0 Å². The molecule has 0 aliphatic carbocycles. The Hall–Kier alpha value is -2.61. The molecule has 2 fully saturated rings. The third kappa shape index (κ3) is 3.57. The Balaban J connectivity index is 1.76. The van der Waals surface area contributed by atoms with Crippen LogP contribution < -0.4 is 15.6 Å². The lowest BCUT2D eigenvalue weighted by atomic mass is 9.83. The molecule has 2 aliphatic rings. The van der Waals surface area contributed by atoms with Crippen molar-refractivity contribution in [3.8, 4) is 11.5 Å². The third-order valence-electron chi connectivity index (χ3n) is 5.73. The number of hydrogen-bond acceptors (Lipinski definition) is 6. The van der Waals surface area contributed by atoms with Crippen LogP contribution in [0.4, 0.5) is 0 Å². The van der Waals surface area contributed by atoms with Crippen LogP contribution in [-0.4, -0.2) is 48.8 Å². The number of rotatable bonds is 7. The maximum Gasteiger partial charge on any atom is 0.242 e. The SMILES string of the molecule is CCOc1cccc(C2C3C(NNC3c3ccccc3O)C(=O)N2CCOC)c1. The van der Waals surface area contributed by atoms with Crippen LogP contribution in [0.15, 0.2) is 48.5 Å². The first-order valence-corrected chi connectivity index (χ1v) is 9.96. The molecule has 0 radical (unpaired) electrons. The number of carbonyl (C=O) groups is 1. The molecule has 2 aliphatic heterocycles. The first-order valence-electron chi connectivity index (χ1n) is 9.96. The van der Waals surface area contributed by atoms with Crippen molar-refractivity contribution in [3.05, 3.63) is 59.7 Å². The maximum absolute atomic E-state index is 13.2. The first kappa shape index (κ1) is 19.7. The zero-order chi connectivity index (χ0) is 20.4. The fourth-order valence-corrected chi connectivity index (χ4v) is 4.51. The quantitative estimate of drug-likeness (QED) is 0.664. The monoisotopic (exact) mass is 397 g/mol. The smallest absolute Gasteiger partial charge is 0.242 e. The number of benzene rings is 2. The van der Waals surface area contributed by atoms with E-state index in [-0.39, 0.29) is 35.7 Å². The lowest BCUT2D eigenvalue weighted by Crippen LogP contribution is -2.42. The van der Waals surface area contributed by atoms with E-state index in [0.29, 0.717) is 19.8 Å². The van der Waals surface area contributed by atoms with Crippen LogP contribution in [0.5, 0.6) is 11.5 Å². The van der Waals surface area contributed by atoms with E-state index < -0.39 is 0 Å². The van der Waals surface area contributed by atoms with E-state index in [4.69, 9.17) is 9.47 Å². The van der Waals surface area contributed by atoms with Gasteiger partial charge in [0.05, 0.1) is 25.3 Å². The molecule has 4 unspecified atom stereocenters. The minimum absolute atomic E-state index is 0.0317. The van der Waals surface area contributed by atoms with E-state index in [1.54, 1.807) is 19.2 Å². The Morgan fingerprint density at radius 2 is 1.90 bits per heavy atom. The Morgan fingerprint density at radius 3 is 2.66 bits per heavy atom. The molecule has 2 saturated heterocycles. The molecule has 154 valence electrons. The van der Waals surface area contributed by atoms with Crippen LogP contribution in [0.25, 0.3) is 0 Å². The molecule has 4 atom stereocenters. The van der Waals surface area contributed by atoms with Gasteiger partial charge in [0.25, 0.3) is 0 Å². The number of methoxy groups -OCH3 is 1. The third-order valence-corrected chi connectivity index (χ3v) is 5.73. The number of phenols is 1. The fraction of sp³-hybridized carbons (Fsp3) is 0.409. The normalized spacial score (nSPS) is 26.0. The molecule has 1 amide bonds. The standard InChI is InChI=1S/C22H27N3O4/c1-3-29-15-8-6-7-14(13-15)21-18-19(16-9-4-5-10-17(16)26)23-24-20(18)22(27)25(21)11-12-28-2/h4-10,13,18-21,23-24,26H,3,11-12H2,1-2H3. The van der Waals surface area contributed by atoms with Crippen molar-refractivity contribution in [2.45, 2.75) is 25.0 Å². The number of nitrogens with zero attached hydrogens (tertiary/aromatic N) is 1. The minimum atomic E-state index is -0.378. The molecule has 0 spiro atoms. The van der Waals surface area contributed by atoms with Gasteiger partial charge in [-0.1, -0.05) is 30.3 Å². The largest absolute Gasteiger partial charge is 0.508 e. The summed E-state index contributed by atoms with van der Waals surface area (Å²) in [7, 11) is 1.64. The average molecular weight is 397 g/mol. The highest BCUT2D eigenvalue weighted by atomic mass is 16.5. The molecular weight excluding hydrogens is 370 g/mol. The Labute approximate surface area is 170 Å². The second-order valence-corrected chi connectivity index (χ2v) is 7.35. The molecule has 4 rings (SSSR count). The van der Waals surface area contributed by atoms with E-state index in [9.17, 15) is 9.90 Å². The molecular formula is C22H27N3O4. The molecule has 2 heterocycles. The Bertz CT molecular complexity index is 875. The summed E-state index contributed by atoms with van der Waals surface area (Å²) >= 11 is 0. The van der Waals surface area contributed by atoms with Gasteiger partial charge in [-0.2, -0.15) is 0 Å². The summed E-state index contributed by atoms with van der Waals surface area (Å²) in [6, 6.07) is 14.4. The second kappa shape index (κ2) is 8.41. The Morgan fingerprint density at radius 1 is 1.10 bits per heavy atom. The van der Waals surface area contributed by atoms with Gasteiger partial charge in [-0.25, -0.2) is 10.9 Å². The number of fused-ring (bicyclic) bond motifs is 1. The van der Waals surface area contributed by atoms with Gasteiger partial charge in [-0.05, 0) is 30.7 Å². The average Bonchev–Trinajstić information content (AvgIpc) is 3.26. The summed E-state index contributed by atoms with van der Waals surface area (Å²) in [6.45, 7) is 3.49.